The van der Waals surface area contributed by atoms with E-state index in [-0.39, 0.29) is 0 Å². The molecule has 0 saturated heterocycles. The van der Waals surface area contributed by atoms with Crippen molar-refractivity contribution in [1.29, 1.82) is 0 Å². The highest BCUT2D eigenvalue weighted by molar-refractivity contribution is 5.88. The zero-order valence-corrected chi connectivity index (χ0v) is 8.69. The van der Waals surface area contributed by atoms with Crippen LogP contribution in [0.15, 0.2) is 24.5 Å². The Bertz CT molecular complexity index is 483. The van der Waals surface area contributed by atoms with E-state index >= 15 is 0 Å². The smallest absolute Gasteiger partial charge is 0.132 e. The molecule has 2 N–H and O–H groups in total. The Morgan fingerprint density at radius 3 is 3.07 bits per heavy atom. The molecule has 78 valence electrons. The number of aryl methyl sites for hydroxylation is 1. The summed E-state index contributed by atoms with van der Waals surface area (Å²) in [6.45, 7) is 1.11. The first-order valence-electron chi connectivity index (χ1n) is 5.54. The molecule has 3 nitrogen and oxygen atoms in total. The molecule has 2 aromatic heterocycles. The molecular weight excluding hydrogens is 186 g/mol. The number of rotatable bonds is 3. The van der Waals surface area contributed by atoms with Crippen LogP contribution >= 0.6 is 0 Å². The van der Waals surface area contributed by atoms with E-state index in [1.165, 1.54) is 24.8 Å². The second-order valence-corrected chi connectivity index (χ2v) is 4.37. The summed E-state index contributed by atoms with van der Waals surface area (Å²) in [5.74, 6) is 1.61. The average molecular weight is 201 g/mol. The predicted octanol–water partition coefficient (Wildman–Crippen LogP) is 2.42. The van der Waals surface area contributed by atoms with Crippen LogP contribution in [0.4, 0.5) is 5.82 Å². The van der Waals surface area contributed by atoms with Gasteiger partial charge >= 0.3 is 0 Å². The molecule has 1 aliphatic rings. The van der Waals surface area contributed by atoms with Gasteiger partial charge in [-0.2, -0.15) is 0 Å². The summed E-state index contributed by atoms with van der Waals surface area (Å²) in [5.41, 5.74) is 7.02. The van der Waals surface area contributed by atoms with E-state index in [4.69, 9.17) is 5.73 Å². The van der Waals surface area contributed by atoms with Gasteiger partial charge in [-0.25, -0.2) is 4.98 Å². The van der Waals surface area contributed by atoms with E-state index in [1.807, 2.05) is 6.07 Å². The lowest BCUT2D eigenvalue weighted by Crippen LogP contribution is -1.97. The highest BCUT2D eigenvalue weighted by Gasteiger charge is 2.20. The fourth-order valence-corrected chi connectivity index (χ4v) is 2.07. The molecule has 0 spiro atoms. The summed E-state index contributed by atoms with van der Waals surface area (Å²) in [6, 6.07) is 4.10. The van der Waals surface area contributed by atoms with Crippen molar-refractivity contribution in [3.8, 4) is 0 Å². The lowest BCUT2D eigenvalue weighted by atomic mass is 10.3. The molecule has 0 atom stereocenters. The molecule has 1 aliphatic carbocycles. The van der Waals surface area contributed by atoms with Crippen molar-refractivity contribution >= 4 is 16.7 Å². The van der Waals surface area contributed by atoms with Gasteiger partial charge in [0.15, 0.2) is 0 Å². The van der Waals surface area contributed by atoms with Crippen LogP contribution in [-0.4, -0.2) is 9.55 Å². The molecule has 0 unspecified atom stereocenters. The second kappa shape index (κ2) is 3.26. The number of nitrogens with two attached hydrogens (primary N) is 1. The molecule has 2 heterocycles. The molecule has 15 heavy (non-hydrogen) atoms. The molecule has 2 aromatic rings. The zero-order valence-electron chi connectivity index (χ0n) is 8.69. The summed E-state index contributed by atoms with van der Waals surface area (Å²) in [7, 11) is 0. The van der Waals surface area contributed by atoms with E-state index in [9.17, 15) is 0 Å². The Labute approximate surface area is 88.9 Å². The minimum absolute atomic E-state index is 0.637. The summed E-state index contributed by atoms with van der Waals surface area (Å²) in [6.07, 6.45) is 8.04. The Balaban J connectivity index is 1.92. The van der Waals surface area contributed by atoms with Gasteiger partial charge in [-0.05, 0) is 24.5 Å². The minimum atomic E-state index is 0.637. The first-order chi connectivity index (χ1) is 7.34. The first kappa shape index (κ1) is 8.77. The lowest BCUT2D eigenvalue weighted by Gasteiger charge is -2.04. The number of hydrogen-bond acceptors (Lipinski definition) is 2. The van der Waals surface area contributed by atoms with Gasteiger partial charge in [0.2, 0.25) is 0 Å². The largest absolute Gasteiger partial charge is 0.383 e. The van der Waals surface area contributed by atoms with Crippen molar-refractivity contribution < 1.29 is 0 Å². The van der Waals surface area contributed by atoms with E-state index < -0.39 is 0 Å². The molecule has 1 saturated carbocycles. The SMILES string of the molecule is Nc1nccc2c1ccn2CCC1CC1. The normalized spacial score (nSPS) is 16.0. The van der Waals surface area contributed by atoms with E-state index in [0.717, 1.165) is 17.8 Å². The van der Waals surface area contributed by atoms with Crippen molar-refractivity contribution in [3.63, 3.8) is 0 Å². The van der Waals surface area contributed by atoms with Crippen LogP contribution in [0.1, 0.15) is 19.3 Å². The van der Waals surface area contributed by atoms with Gasteiger partial charge in [-0.1, -0.05) is 12.8 Å². The maximum Gasteiger partial charge on any atom is 0.132 e. The third-order valence-corrected chi connectivity index (χ3v) is 3.20. The van der Waals surface area contributed by atoms with Gasteiger partial charge in [-0.15, -0.1) is 0 Å². The Morgan fingerprint density at radius 1 is 1.40 bits per heavy atom. The number of pyridine rings is 1. The third-order valence-electron chi connectivity index (χ3n) is 3.20. The van der Waals surface area contributed by atoms with Crippen molar-refractivity contribution in [2.75, 3.05) is 5.73 Å². The maximum absolute atomic E-state index is 5.81. The standard InChI is InChI=1S/C12H15N3/c13-12-10-5-8-15(7-4-9-1-2-9)11(10)3-6-14-12/h3,5-6,8-9H,1-2,4,7H2,(H2,13,14). The first-order valence-corrected chi connectivity index (χ1v) is 5.54. The van der Waals surface area contributed by atoms with Gasteiger partial charge in [-0.3, -0.25) is 0 Å². The summed E-state index contributed by atoms with van der Waals surface area (Å²) in [5, 5.41) is 1.08. The van der Waals surface area contributed by atoms with Gasteiger partial charge in [0, 0.05) is 24.3 Å². The van der Waals surface area contributed by atoms with Crippen molar-refractivity contribution in [2.45, 2.75) is 25.8 Å². The Kier molecular flexibility index (Phi) is 1.91. The highest BCUT2D eigenvalue weighted by Crippen LogP contribution is 2.33. The average Bonchev–Trinajstić information content (AvgIpc) is 2.97. The number of nitrogens with zero attached hydrogens (tertiary/aromatic N) is 2. The van der Waals surface area contributed by atoms with Crippen molar-refractivity contribution in [3.05, 3.63) is 24.5 Å². The number of fused-ring (bicyclic) bond motifs is 1. The molecular formula is C12H15N3. The van der Waals surface area contributed by atoms with Crippen LogP contribution in [0.2, 0.25) is 0 Å². The molecule has 0 aromatic carbocycles. The van der Waals surface area contributed by atoms with Crippen molar-refractivity contribution in [1.82, 2.24) is 9.55 Å². The summed E-state index contributed by atoms with van der Waals surface area (Å²) < 4.78 is 2.28. The monoisotopic (exact) mass is 201 g/mol. The summed E-state index contributed by atoms with van der Waals surface area (Å²) in [4.78, 5) is 4.09. The fourth-order valence-electron chi connectivity index (χ4n) is 2.07. The number of hydrogen-bond donors (Lipinski definition) is 1. The van der Waals surface area contributed by atoms with E-state index in [0.29, 0.717) is 5.82 Å². The quantitative estimate of drug-likeness (QED) is 0.828. The van der Waals surface area contributed by atoms with Crippen LogP contribution in [-0.2, 0) is 6.54 Å². The molecule has 0 radical (unpaired) electrons. The maximum atomic E-state index is 5.81. The van der Waals surface area contributed by atoms with Crippen LogP contribution in [0, 0.1) is 5.92 Å². The number of nitrogen functional groups attached to an aromatic ring is 1. The van der Waals surface area contributed by atoms with Gasteiger partial charge in [0.25, 0.3) is 0 Å². The van der Waals surface area contributed by atoms with Gasteiger partial charge < -0.3 is 10.3 Å². The minimum Gasteiger partial charge on any atom is -0.383 e. The predicted molar refractivity (Wildman–Crippen MR) is 61.5 cm³/mol. The number of anilines is 1. The lowest BCUT2D eigenvalue weighted by molar-refractivity contribution is 0.611. The Hall–Kier alpha value is -1.51. The topological polar surface area (TPSA) is 43.8 Å². The molecule has 0 bridgehead atoms. The van der Waals surface area contributed by atoms with Crippen molar-refractivity contribution in [2.24, 2.45) is 5.92 Å². The molecule has 3 rings (SSSR count). The second-order valence-electron chi connectivity index (χ2n) is 4.37. The Morgan fingerprint density at radius 2 is 2.27 bits per heavy atom. The van der Waals surface area contributed by atoms with Gasteiger partial charge in [0.05, 0.1) is 5.52 Å². The molecule has 0 amide bonds. The van der Waals surface area contributed by atoms with E-state index in [1.54, 1.807) is 6.20 Å². The highest BCUT2D eigenvalue weighted by atomic mass is 15.0. The molecule has 0 aliphatic heterocycles. The van der Waals surface area contributed by atoms with Crippen LogP contribution < -0.4 is 5.73 Å². The van der Waals surface area contributed by atoms with Crippen LogP contribution in [0.25, 0.3) is 10.9 Å². The van der Waals surface area contributed by atoms with E-state index in [2.05, 4.69) is 21.8 Å². The number of aromatic nitrogens is 2. The fraction of sp³-hybridized carbons (Fsp3) is 0.417. The molecule has 1 fully saturated rings. The third kappa shape index (κ3) is 1.58. The van der Waals surface area contributed by atoms with Gasteiger partial charge in [0.1, 0.15) is 5.82 Å². The zero-order chi connectivity index (χ0) is 10.3. The molecule has 3 heteroatoms. The summed E-state index contributed by atoms with van der Waals surface area (Å²) >= 11 is 0. The van der Waals surface area contributed by atoms with Crippen LogP contribution in [0.5, 0.6) is 0 Å². The van der Waals surface area contributed by atoms with Crippen LogP contribution in [0.3, 0.4) is 0 Å².